The Labute approximate surface area is 172 Å². The second-order valence-electron chi connectivity index (χ2n) is 6.79. The van der Waals surface area contributed by atoms with Gasteiger partial charge in [-0.1, -0.05) is 18.2 Å². The van der Waals surface area contributed by atoms with Gasteiger partial charge in [0.1, 0.15) is 17.6 Å². The topological polar surface area (TPSA) is 82.7 Å². The monoisotopic (exact) mass is 397 g/mol. The highest BCUT2D eigenvalue weighted by Crippen LogP contribution is 2.28. The number of hydrogen-bond acceptors (Lipinski definition) is 6. The summed E-state index contributed by atoms with van der Waals surface area (Å²) in [5, 5.41) is 3.23. The second-order valence-corrected chi connectivity index (χ2v) is 6.79. The fraction of sp³-hybridized carbons (Fsp3) is 0.0909. The van der Waals surface area contributed by atoms with Crippen LogP contribution in [0.4, 0.5) is 11.6 Å². The van der Waals surface area contributed by atoms with Crippen molar-refractivity contribution < 1.29 is 4.74 Å². The molecular weight excluding hydrogens is 378 g/mol. The lowest BCUT2D eigenvalue weighted by Crippen LogP contribution is -2.00. The van der Waals surface area contributed by atoms with E-state index < -0.39 is 0 Å². The highest BCUT2D eigenvalue weighted by atomic mass is 16.5. The fourth-order valence-corrected chi connectivity index (χ4v) is 3.31. The van der Waals surface area contributed by atoms with Gasteiger partial charge in [0, 0.05) is 23.6 Å². The summed E-state index contributed by atoms with van der Waals surface area (Å²) in [7, 11) is 1.64. The minimum absolute atomic E-state index is 0.467. The van der Waals surface area contributed by atoms with Gasteiger partial charge in [-0.2, -0.15) is 4.98 Å². The standard InChI is InChI=1S/C22H19N7O/c1-15-12-28(13-24-15)18-9-8-16(10-20(18)30-2)26-22-23-11-19-21(27-22)25-14-29(19)17-6-4-3-5-7-17/h3-14H,1-2H3,(H,23,26,27). The lowest BCUT2D eigenvalue weighted by molar-refractivity contribution is 0.413. The van der Waals surface area contributed by atoms with E-state index in [0.29, 0.717) is 17.3 Å². The molecule has 0 unspecified atom stereocenters. The lowest BCUT2D eigenvalue weighted by Gasteiger charge is -2.12. The average Bonchev–Trinajstić information content (AvgIpc) is 3.40. The van der Waals surface area contributed by atoms with Crippen molar-refractivity contribution >= 4 is 22.8 Å². The largest absolute Gasteiger partial charge is 0.494 e. The molecule has 5 aromatic rings. The van der Waals surface area contributed by atoms with Crippen molar-refractivity contribution in [3.63, 3.8) is 0 Å². The minimum Gasteiger partial charge on any atom is -0.494 e. The van der Waals surface area contributed by atoms with E-state index in [-0.39, 0.29) is 0 Å². The molecule has 0 fully saturated rings. The third-order valence-electron chi connectivity index (χ3n) is 4.77. The first-order valence-electron chi connectivity index (χ1n) is 9.43. The molecule has 2 aromatic carbocycles. The molecule has 8 nitrogen and oxygen atoms in total. The molecule has 0 aliphatic heterocycles. The molecule has 148 valence electrons. The Morgan fingerprint density at radius 1 is 0.967 bits per heavy atom. The highest BCUT2D eigenvalue weighted by molar-refractivity contribution is 5.74. The van der Waals surface area contributed by atoms with Gasteiger partial charge < -0.3 is 14.6 Å². The Morgan fingerprint density at radius 3 is 2.60 bits per heavy atom. The first kappa shape index (κ1) is 17.9. The van der Waals surface area contributed by atoms with Crippen LogP contribution in [0.2, 0.25) is 0 Å². The molecule has 0 atom stereocenters. The number of imidazole rings is 2. The van der Waals surface area contributed by atoms with Gasteiger partial charge in [-0.25, -0.2) is 15.0 Å². The summed E-state index contributed by atoms with van der Waals surface area (Å²) >= 11 is 0. The van der Waals surface area contributed by atoms with Crippen LogP contribution in [-0.2, 0) is 0 Å². The van der Waals surface area contributed by atoms with E-state index in [1.807, 2.05) is 70.8 Å². The van der Waals surface area contributed by atoms with E-state index in [1.54, 1.807) is 26.0 Å². The molecule has 0 radical (unpaired) electrons. The zero-order valence-corrected chi connectivity index (χ0v) is 16.5. The van der Waals surface area contributed by atoms with Crippen molar-refractivity contribution in [3.8, 4) is 17.1 Å². The van der Waals surface area contributed by atoms with Gasteiger partial charge in [0.25, 0.3) is 0 Å². The first-order valence-corrected chi connectivity index (χ1v) is 9.43. The average molecular weight is 397 g/mol. The third-order valence-corrected chi connectivity index (χ3v) is 4.77. The Balaban J connectivity index is 1.44. The Kier molecular flexibility index (Phi) is 4.36. The van der Waals surface area contributed by atoms with E-state index >= 15 is 0 Å². The van der Waals surface area contributed by atoms with Crippen LogP contribution in [0.5, 0.6) is 5.75 Å². The summed E-state index contributed by atoms with van der Waals surface area (Å²) in [5.41, 5.74) is 5.13. The van der Waals surface area contributed by atoms with Crippen molar-refractivity contribution in [1.29, 1.82) is 0 Å². The van der Waals surface area contributed by atoms with Crippen LogP contribution < -0.4 is 10.1 Å². The van der Waals surface area contributed by atoms with Gasteiger partial charge in [-0.3, -0.25) is 4.57 Å². The molecule has 8 heteroatoms. The number of nitrogens with zero attached hydrogens (tertiary/aromatic N) is 6. The van der Waals surface area contributed by atoms with Crippen LogP contribution >= 0.6 is 0 Å². The zero-order valence-electron chi connectivity index (χ0n) is 16.5. The number of fused-ring (bicyclic) bond motifs is 1. The Bertz CT molecular complexity index is 1320. The molecule has 0 saturated carbocycles. The summed E-state index contributed by atoms with van der Waals surface area (Å²) in [5.74, 6) is 1.18. The Hall–Kier alpha value is -4.20. The zero-order chi connectivity index (χ0) is 20.5. The van der Waals surface area contributed by atoms with E-state index in [2.05, 4.69) is 25.3 Å². The van der Waals surface area contributed by atoms with Gasteiger partial charge in [-0.15, -0.1) is 0 Å². The third kappa shape index (κ3) is 3.24. The quantitative estimate of drug-likeness (QED) is 0.482. The second kappa shape index (κ2) is 7.32. The predicted molar refractivity (Wildman–Crippen MR) is 115 cm³/mol. The summed E-state index contributed by atoms with van der Waals surface area (Å²) in [6.45, 7) is 1.95. The van der Waals surface area contributed by atoms with Crippen LogP contribution in [0.3, 0.4) is 0 Å². The van der Waals surface area contributed by atoms with Crippen LogP contribution in [0.15, 0.2) is 73.6 Å². The maximum Gasteiger partial charge on any atom is 0.229 e. The number of hydrogen-bond donors (Lipinski definition) is 1. The van der Waals surface area contributed by atoms with Crippen molar-refractivity contribution in [2.45, 2.75) is 6.92 Å². The van der Waals surface area contributed by atoms with E-state index in [9.17, 15) is 0 Å². The van der Waals surface area contributed by atoms with Crippen LogP contribution in [0.25, 0.3) is 22.5 Å². The summed E-state index contributed by atoms with van der Waals surface area (Å²) in [4.78, 5) is 17.7. The summed E-state index contributed by atoms with van der Waals surface area (Å²) in [6.07, 6.45) is 7.24. The molecule has 3 heterocycles. The molecule has 0 aliphatic carbocycles. The molecule has 0 spiro atoms. The predicted octanol–water partition coefficient (Wildman–Crippen LogP) is 4.06. The van der Waals surface area contributed by atoms with Crippen molar-refractivity contribution in [2.75, 3.05) is 12.4 Å². The van der Waals surface area contributed by atoms with Crippen molar-refractivity contribution in [2.24, 2.45) is 0 Å². The number of methoxy groups -OCH3 is 1. The van der Waals surface area contributed by atoms with Crippen molar-refractivity contribution in [1.82, 2.24) is 29.1 Å². The van der Waals surface area contributed by atoms with E-state index in [0.717, 1.165) is 28.3 Å². The fourth-order valence-electron chi connectivity index (χ4n) is 3.31. The number of para-hydroxylation sites is 1. The van der Waals surface area contributed by atoms with Crippen LogP contribution in [0.1, 0.15) is 5.69 Å². The Morgan fingerprint density at radius 2 is 1.83 bits per heavy atom. The number of aryl methyl sites for hydroxylation is 1. The van der Waals surface area contributed by atoms with Crippen LogP contribution in [-0.4, -0.2) is 36.2 Å². The first-order chi connectivity index (χ1) is 14.7. The molecule has 0 amide bonds. The maximum atomic E-state index is 5.56. The number of nitrogens with one attached hydrogen (secondary N) is 1. The normalized spacial score (nSPS) is 11.0. The van der Waals surface area contributed by atoms with Crippen molar-refractivity contribution in [3.05, 3.63) is 79.3 Å². The summed E-state index contributed by atoms with van der Waals surface area (Å²) < 4.78 is 9.45. The summed E-state index contributed by atoms with van der Waals surface area (Å²) in [6, 6.07) is 15.8. The van der Waals surface area contributed by atoms with Gasteiger partial charge in [0.15, 0.2) is 5.65 Å². The number of rotatable bonds is 5. The van der Waals surface area contributed by atoms with Gasteiger partial charge >= 0.3 is 0 Å². The van der Waals surface area contributed by atoms with Crippen LogP contribution in [0, 0.1) is 6.92 Å². The molecule has 1 N–H and O–H groups in total. The smallest absolute Gasteiger partial charge is 0.229 e. The maximum absolute atomic E-state index is 5.56. The molecule has 0 aliphatic rings. The van der Waals surface area contributed by atoms with Gasteiger partial charge in [0.05, 0.1) is 31.0 Å². The van der Waals surface area contributed by atoms with E-state index in [4.69, 9.17) is 4.74 Å². The molecule has 30 heavy (non-hydrogen) atoms. The molecular formula is C22H19N7O. The number of ether oxygens (including phenoxy) is 1. The molecule has 5 rings (SSSR count). The van der Waals surface area contributed by atoms with E-state index in [1.165, 1.54) is 0 Å². The molecule has 3 aromatic heterocycles. The molecule has 0 bridgehead atoms. The minimum atomic E-state index is 0.467. The number of anilines is 2. The molecule has 0 saturated heterocycles. The number of benzene rings is 2. The lowest BCUT2D eigenvalue weighted by atomic mass is 10.2. The van der Waals surface area contributed by atoms with Gasteiger partial charge in [0.2, 0.25) is 5.95 Å². The van der Waals surface area contributed by atoms with Gasteiger partial charge in [-0.05, 0) is 31.2 Å². The number of aromatic nitrogens is 6. The SMILES string of the molecule is COc1cc(Nc2ncc3c(ncn3-c3ccccc3)n2)ccc1-n1cnc(C)c1. The highest BCUT2D eigenvalue weighted by Gasteiger charge is 2.10.